The Bertz CT molecular complexity index is 519. The molecule has 0 radical (unpaired) electrons. The quantitative estimate of drug-likeness (QED) is 0.762. The number of hydrogen-bond acceptors (Lipinski definition) is 3. The molecule has 106 valence electrons. The highest BCUT2D eigenvalue weighted by Crippen LogP contribution is 2.12. The summed E-state index contributed by atoms with van der Waals surface area (Å²) in [5, 5.41) is 8.70. The van der Waals surface area contributed by atoms with Crippen molar-refractivity contribution in [1.29, 1.82) is 0 Å². The van der Waals surface area contributed by atoms with Crippen LogP contribution in [0.1, 0.15) is 12.0 Å². The summed E-state index contributed by atoms with van der Waals surface area (Å²) in [6.45, 7) is 1.71. The van der Waals surface area contributed by atoms with Crippen LogP contribution in [0.15, 0.2) is 24.3 Å². The third-order valence-electron chi connectivity index (χ3n) is 2.54. The van der Waals surface area contributed by atoms with Gasteiger partial charge < -0.3 is 14.7 Å². The highest BCUT2D eigenvalue weighted by Gasteiger charge is 2.15. The summed E-state index contributed by atoms with van der Waals surface area (Å²) in [6.07, 6.45) is 5.20. The van der Waals surface area contributed by atoms with Gasteiger partial charge in [0.2, 0.25) is 5.91 Å². The van der Waals surface area contributed by atoms with E-state index < -0.39 is 12.5 Å². The minimum Gasteiger partial charge on any atom is -0.493 e. The van der Waals surface area contributed by atoms with Gasteiger partial charge in [0.05, 0.1) is 19.6 Å². The zero-order valence-electron chi connectivity index (χ0n) is 11.3. The van der Waals surface area contributed by atoms with E-state index in [9.17, 15) is 9.59 Å². The van der Waals surface area contributed by atoms with Crippen molar-refractivity contribution in [3.05, 3.63) is 29.8 Å². The van der Waals surface area contributed by atoms with E-state index >= 15 is 0 Å². The maximum Gasteiger partial charge on any atom is 0.323 e. The molecular formula is C15H17NO4. The van der Waals surface area contributed by atoms with Gasteiger partial charge in [0.25, 0.3) is 0 Å². The molecule has 0 atom stereocenters. The van der Waals surface area contributed by atoms with Crippen LogP contribution >= 0.6 is 0 Å². The second-order valence-electron chi connectivity index (χ2n) is 4.26. The summed E-state index contributed by atoms with van der Waals surface area (Å²) in [5.74, 6) is 1.53. The highest BCUT2D eigenvalue weighted by molar-refractivity contribution is 5.81. The fourth-order valence-electron chi connectivity index (χ4n) is 1.63. The van der Waals surface area contributed by atoms with E-state index in [1.165, 1.54) is 0 Å². The molecule has 0 fully saturated rings. The molecule has 0 aliphatic rings. The number of terminal acetylenes is 1. The summed E-state index contributed by atoms with van der Waals surface area (Å²) in [7, 11) is 0. The van der Waals surface area contributed by atoms with E-state index in [-0.39, 0.29) is 25.5 Å². The smallest absolute Gasteiger partial charge is 0.323 e. The van der Waals surface area contributed by atoms with Crippen LogP contribution in [0.3, 0.4) is 0 Å². The number of amides is 1. The van der Waals surface area contributed by atoms with Crippen LogP contribution in [-0.2, 0) is 9.59 Å². The lowest BCUT2D eigenvalue weighted by Gasteiger charge is -2.17. The Kier molecular flexibility index (Phi) is 6.11. The Morgan fingerprint density at radius 1 is 1.45 bits per heavy atom. The Morgan fingerprint density at radius 3 is 2.80 bits per heavy atom. The molecule has 1 aromatic carbocycles. The molecule has 0 unspecified atom stereocenters. The zero-order valence-corrected chi connectivity index (χ0v) is 11.3. The Morgan fingerprint density at radius 2 is 2.20 bits per heavy atom. The fraction of sp³-hybridized carbons (Fsp3) is 0.333. The van der Waals surface area contributed by atoms with Crippen LogP contribution in [0.4, 0.5) is 0 Å². The second kappa shape index (κ2) is 7.85. The molecule has 1 aromatic rings. The van der Waals surface area contributed by atoms with Crippen molar-refractivity contribution in [2.24, 2.45) is 0 Å². The number of benzene rings is 1. The van der Waals surface area contributed by atoms with Gasteiger partial charge in [0.1, 0.15) is 12.3 Å². The minimum absolute atomic E-state index is 0.0183. The molecular weight excluding hydrogens is 258 g/mol. The first kappa shape index (κ1) is 15.6. The number of carbonyl (C=O) groups is 2. The van der Waals surface area contributed by atoms with Crippen LogP contribution in [-0.4, -0.2) is 41.6 Å². The Hall–Kier alpha value is -2.48. The van der Waals surface area contributed by atoms with Gasteiger partial charge in [0.15, 0.2) is 0 Å². The lowest BCUT2D eigenvalue weighted by Crippen LogP contribution is -2.36. The lowest BCUT2D eigenvalue weighted by atomic mass is 10.2. The standard InChI is InChI=1S/C15H17NO4/c1-3-8-16(11-15(18)19)14(17)7-9-20-13-6-4-5-12(2)10-13/h1,4-6,10H,7-9,11H2,2H3,(H,18,19). The molecule has 20 heavy (non-hydrogen) atoms. The predicted molar refractivity (Wildman–Crippen MR) is 74.3 cm³/mol. The Labute approximate surface area is 118 Å². The highest BCUT2D eigenvalue weighted by atomic mass is 16.5. The first-order valence-corrected chi connectivity index (χ1v) is 6.15. The molecule has 0 aliphatic carbocycles. The van der Waals surface area contributed by atoms with E-state index in [1.807, 2.05) is 25.1 Å². The van der Waals surface area contributed by atoms with Gasteiger partial charge in [-0.25, -0.2) is 0 Å². The molecule has 5 heteroatoms. The topological polar surface area (TPSA) is 66.8 Å². The van der Waals surface area contributed by atoms with Gasteiger partial charge in [-0.1, -0.05) is 18.1 Å². The third kappa shape index (κ3) is 5.44. The first-order valence-electron chi connectivity index (χ1n) is 6.15. The average Bonchev–Trinajstić information content (AvgIpc) is 2.37. The van der Waals surface area contributed by atoms with Crippen molar-refractivity contribution in [3.8, 4) is 18.1 Å². The number of aliphatic carboxylic acids is 1. The van der Waals surface area contributed by atoms with Gasteiger partial charge in [-0.2, -0.15) is 0 Å². The van der Waals surface area contributed by atoms with Crippen LogP contribution in [0.25, 0.3) is 0 Å². The van der Waals surface area contributed by atoms with Crippen LogP contribution in [0.2, 0.25) is 0 Å². The number of aryl methyl sites for hydroxylation is 1. The lowest BCUT2D eigenvalue weighted by molar-refractivity contribution is -0.144. The normalized spacial score (nSPS) is 9.60. The molecule has 0 spiro atoms. The average molecular weight is 275 g/mol. The minimum atomic E-state index is -1.09. The zero-order chi connectivity index (χ0) is 15.0. The molecule has 0 aliphatic heterocycles. The van der Waals surface area contributed by atoms with Crippen LogP contribution in [0, 0.1) is 19.3 Å². The number of carbonyl (C=O) groups excluding carboxylic acids is 1. The molecule has 0 bridgehead atoms. The largest absolute Gasteiger partial charge is 0.493 e. The predicted octanol–water partition coefficient (Wildman–Crippen LogP) is 1.31. The third-order valence-corrected chi connectivity index (χ3v) is 2.54. The van der Waals surface area contributed by atoms with E-state index in [1.54, 1.807) is 6.07 Å². The monoisotopic (exact) mass is 275 g/mol. The molecule has 1 amide bonds. The van der Waals surface area contributed by atoms with Crippen molar-refractivity contribution >= 4 is 11.9 Å². The van der Waals surface area contributed by atoms with Crippen molar-refractivity contribution in [2.75, 3.05) is 19.7 Å². The van der Waals surface area contributed by atoms with Crippen molar-refractivity contribution < 1.29 is 19.4 Å². The molecule has 1 N–H and O–H groups in total. The van der Waals surface area contributed by atoms with E-state index in [4.69, 9.17) is 16.3 Å². The molecule has 1 rings (SSSR count). The van der Waals surface area contributed by atoms with E-state index in [2.05, 4.69) is 5.92 Å². The van der Waals surface area contributed by atoms with Gasteiger partial charge in [-0.15, -0.1) is 6.42 Å². The summed E-state index contributed by atoms with van der Waals surface area (Å²) in [5.41, 5.74) is 1.06. The number of hydrogen-bond donors (Lipinski definition) is 1. The summed E-state index contributed by atoms with van der Waals surface area (Å²) in [6, 6.07) is 7.47. The van der Waals surface area contributed by atoms with Gasteiger partial charge in [-0.3, -0.25) is 9.59 Å². The van der Waals surface area contributed by atoms with Gasteiger partial charge >= 0.3 is 5.97 Å². The van der Waals surface area contributed by atoms with E-state index in [0.29, 0.717) is 5.75 Å². The number of ether oxygens (including phenoxy) is 1. The SMILES string of the molecule is C#CCN(CC(=O)O)C(=O)CCOc1cccc(C)c1. The second-order valence-corrected chi connectivity index (χ2v) is 4.26. The van der Waals surface area contributed by atoms with Crippen molar-refractivity contribution in [1.82, 2.24) is 4.90 Å². The van der Waals surface area contributed by atoms with Crippen LogP contribution in [0.5, 0.6) is 5.75 Å². The molecule has 0 saturated carbocycles. The molecule has 0 saturated heterocycles. The number of nitrogens with zero attached hydrogens (tertiary/aromatic N) is 1. The Balaban J connectivity index is 2.45. The molecule has 5 nitrogen and oxygen atoms in total. The maximum atomic E-state index is 11.8. The number of carboxylic acid groups (broad SMARTS) is 1. The van der Waals surface area contributed by atoms with Gasteiger partial charge in [0, 0.05) is 0 Å². The molecule has 0 heterocycles. The summed E-state index contributed by atoms with van der Waals surface area (Å²) < 4.78 is 5.44. The number of carboxylic acids is 1. The summed E-state index contributed by atoms with van der Waals surface area (Å²) >= 11 is 0. The fourth-order valence-corrected chi connectivity index (χ4v) is 1.63. The van der Waals surface area contributed by atoms with Crippen molar-refractivity contribution in [3.63, 3.8) is 0 Å². The first-order chi connectivity index (χ1) is 9.52. The van der Waals surface area contributed by atoms with Gasteiger partial charge in [-0.05, 0) is 24.6 Å². The number of rotatable bonds is 7. The summed E-state index contributed by atoms with van der Waals surface area (Å²) in [4.78, 5) is 23.6. The molecule has 0 aromatic heterocycles. The van der Waals surface area contributed by atoms with E-state index in [0.717, 1.165) is 10.5 Å². The van der Waals surface area contributed by atoms with Crippen molar-refractivity contribution in [2.45, 2.75) is 13.3 Å². The maximum absolute atomic E-state index is 11.8. The van der Waals surface area contributed by atoms with Crippen LogP contribution < -0.4 is 4.74 Å².